The van der Waals surface area contributed by atoms with Crippen molar-refractivity contribution in [2.45, 2.75) is 32.5 Å². The van der Waals surface area contributed by atoms with E-state index in [0.29, 0.717) is 13.1 Å². The molecular weight excluding hydrogens is 242 g/mol. The molecule has 0 bridgehead atoms. The lowest BCUT2D eigenvalue weighted by Gasteiger charge is -2.20. The normalized spacial score (nSPS) is 21.6. The van der Waals surface area contributed by atoms with Gasteiger partial charge in [0.1, 0.15) is 18.5 Å². The summed E-state index contributed by atoms with van der Waals surface area (Å²) in [6, 6.07) is 6.01. The van der Waals surface area contributed by atoms with Crippen molar-refractivity contribution in [3.05, 3.63) is 29.3 Å². The van der Waals surface area contributed by atoms with E-state index in [9.17, 15) is 10.2 Å². The molecule has 0 amide bonds. The second-order valence-electron chi connectivity index (χ2n) is 5.44. The molecule has 2 atom stereocenters. The van der Waals surface area contributed by atoms with Crippen LogP contribution in [-0.2, 0) is 0 Å². The highest BCUT2D eigenvalue weighted by Gasteiger charge is 2.22. The molecule has 1 aromatic carbocycles. The highest BCUT2D eigenvalue weighted by molar-refractivity contribution is 5.35. The molecule has 2 N–H and O–H groups in total. The van der Waals surface area contributed by atoms with Crippen LogP contribution in [-0.4, -0.2) is 53.6 Å². The zero-order chi connectivity index (χ0) is 13.8. The largest absolute Gasteiger partial charge is 0.491 e. The number of aryl methyl sites for hydroxylation is 2. The molecular formula is C15H23NO3. The van der Waals surface area contributed by atoms with Crippen molar-refractivity contribution in [3.63, 3.8) is 0 Å². The van der Waals surface area contributed by atoms with Gasteiger partial charge in [0, 0.05) is 19.6 Å². The average molecular weight is 265 g/mol. The number of nitrogens with zero attached hydrogens (tertiary/aromatic N) is 1. The highest BCUT2D eigenvalue weighted by atomic mass is 16.5. The van der Waals surface area contributed by atoms with Gasteiger partial charge >= 0.3 is 0 Å². The number of aliphatic hydroxyl groups excluding tert-OH is 2. The summed E-state index contributed by atoms with van der Waals surface area (Å²) in [5, 5.41) is 19.4. The van der Waals surface area contributed by atoms with Crippen molar-refractivity contribution >= 4 is 0 Å². The fourth-order valence-electron chi connectivity index (χ4n) is 2.48. The van der Waals surface area contributed by atoms with E-state index in [1.165, 1.54) is 5.56 Å². The number of likely N-dealkylation sites (tertiary alicyclic amines) is 1. The Balaban J connectivity index is 1.78. The van der Waals surface area contributed by atoms with Crippen LogP contribution in [0.2, 0.25) is 0 Å². The Kier molecular flexibility index (Phi) is 4.80. The molecule has 106 valence electrons. The maximum atomic E-state index is 9.95. The maximum absolute atomic E-state index is 9.95. The number of ether oxygens (including phenoxy) is 1. The molecule has 1 heterocycles. The summed E-state index contributed by atoms with van der Waals surface area (Å²) in [4.78, 5) is 2.07. The number of aliphatic hydroxyl groups is 2. The van der Waals surface area contributed by atoms with Gasteiger partial charge in [0.2, 0.25) is 0 Å². The van der Waals surface area contributed by atoms with Gasteiger partial charge < -0.3 is 14.9 Å². The van der Waals surface area contributed by atoms with Gasteiger partial charge in [-0.1, -0.05) is 17.7 Å². The molecule has 1 aromatic rings. The SMILES string of the molecule is Cc1ccc(OCC(O)CN2CCC(O)C2)c(C)c1. The van der Waals surface area contributed by atoms with Crippen LogP contribution >= 0.6 is 0 Å². The van der Waals surface area contributed by atoms with Gasteiger partial charge in [0.25, 0.3) is 0 Å². The predicted octanol–water partition coefficient (Wildman–Crippen LogP) is 1.11. The summed E-state index contributed by atoms with van der Waals surface area (Å²) in [5.74, 6) is 0.825. The second-order valence-corrected chi connectivity index (χ2v) is 5.44. The fourth-order valence-corrected chi connectivity index (χ4v) is 2.48. The molecule has 1 saturated heterocycles. The summed E-state index contributed by atoms with van der Waals surface area (Å²) in [5.41, 5.74) is 2.29. The number of benzene rings is 1. The van der Waals surface area contributed by atoms with E-state index < -0.39 is 6.10 Å². The van der Waals surface area contributed by atoms with E-state index in [-0.39, 0.29) is 12.7 Å². The van der Waals surface area contributed by atoms with Crippen LogP contribution in [0.15, 0.2) is 18.2 Å². The molecule has 0 spiro atoms. The molecule has 2 rings (SSSR count). The quantitative estimate of drug-likeness (QED) is 0.837. The monoisotopic (exact) mass is 265 g/mol. The van der Waals surface area contributed by atoms with Gasteiger partial charge in [-0.25, -0.2) is 0 Å². The van der Waals surface area contributed by atoms with E-state index >= 15 is 0 Å². The summed E-state index contributed by atoms with van der Waals surface area (Å²) >= 11 is 0. The third-order valence-electron chi connectivity index (χ3n) is 3.48. The minimum Gasteiger partial charge on any atom is -0.491 e. The average Bonchev–Trinajstić information content (AvgIpc) is 2.73. The molecule has 0 saturated carbocycles. The molecule has 0 radical (unpaired) electrons. The molecule has 1 fully saturated rings. The number of hydrogen-bond donors (Lipinski definition) is 2. The Labute approximate surface area is 114 Å². The second kappa shape index (κ2) is 6.37. The molecule has 0 aromatic heterocycles. The van der Waals surface area contributed by atoms with E-state index in [2.05, 4.69) is 11.0 Å². The van der Waals surface area contributed by atoms with Crippen LogP contribution < -0.4 is 4.74 Å². The van der Waals surface area contributed by atoms with Gasteiger partial charge in [-0.3, -0.25) is 4.90 Å². The molecule has 4 heteroatoms. The lowest BCUT2D eigenvalue weighted by Crippen LogP contribution is -2.34. The molecule has 4 nitrogen and oxygen atoms in total. The van der Waals surface area contributed by atoms with Gasteiger partial charge in [0.15, 0.2) is 0 Å². The number of hydrogen-bond acceptors (Lipinski definition) is 4. The van der Waals surface area contributed by atoms with Crippen molar-refractivity contribution < 1.29 is 14.9 Å². The molecule has 1 aliphatic heterocycles. The van der Waals surface area contributed by atoms with Crippen LogP contribution in [0.3, 0.4) is 0 Å². The third-order valence-corrected chi connectivity index (χ3v) is 3.48. The van der Waals surface area contributed by atoms with Crippen LogP contribution in [0.5, 0.6) is 5.75 Å². The third kappa shape index (κ3) is 4.20. The van der Waals surface area contributed by atoms with E-state index in [0.717, 1.165) is 24.3 Å². The van der Waals surface area contributed by atoms with E-state index in [1.54, 1.807) is 0 Å². The van der Waals surface area contributed by atoms with Gasteiger partial charge in [-0.15, -0.1) is 0 Å². The van der Waals surface area contributed by atoms with Crippen molar-refractivity contribution in [3.8, 4) is 5.75 Å². The minimum absolute atomic E-state index is 0.243. The minimum atomic E-state index is -0.522. The standard InChI is InChI=1S/C15H23NO3/c1-11-3-4-15(12(2)7-11)19-10-14(18)9-16-6-5-13(17)8-16/h3-4,7,13-14,17-18H,5-6,8-10H2,1-2H3. The topological polar surface area (TPSA) is 52.9 Å². The van der Waals surface area contributed by atoms with Crippen molar-refractivity contribution in [1.82, 2.24) is 4.90 Å². The van der Waals surface area contributed by atoms with Crippen LogP contribution in [0.4, 0.5) is 0 Å². The Morgan fingerprint density at radius 3 is 2.84 bits per heavy atom. The zero-order valence-corrected chi connectivity index (χ0v) is 11.7. The molecule has 2 unspecified atom stereocenters. The Hall–Kier alpha value is -1.10. The zero-order valence-electron chi connectivity index (χ0n) is 11.7. The first-order valence-electron chi connectivity index (χ1n) is 6.83. The number of β-amino-alcohol motifs (C(OH)–C–C–N with tert-alkyl or cyclic N) is 2. The fraction of sp³-hybridized carbons (Fsp3) is 0.600. The lowest BCUT2D eigenvalue weighted by atomic mass is 10.1. The molecule has 1 aliphatic rings. The predicted molar refractivity (Wildman–Crippen MR) is 74.5 cm³/mol. The highest BCUT2D eigenvalue weighted by Crippen LogP contribution is 2.19. The van der Waals surface area contributed by atoms with Crippen molar-refractivity contribution in [1.29, 1.82) is 0 Å². The van der Waals surface area contributed by atoms with Crippen molar-refractivity contribution in [2.24, 2.45) is 0 Å². The maximum Gasteiger partial charge on any atom is 0.122 e. The van der Waals surface area contributed by atoms with E-state index in [1.807, 2.05) is 26.0 Å². The Morgan fingerprint density at radius 1 is 1.42 bits per heavy atom. The summed E-state index contributed by atoms with van der Waals surface area (Å²) in [7, 11) is 0. The van der Waals surface area contributed by atoms with Gasteiger partial charge in [-0.05, 0) is 31.9 Å². The Morgan fingerprint density at radius 2 is 2.21 bits per heavy atom. The van der Waals surface area contributed by atoms with Crippen molar-refractivity contribution in [2.75, 3.05) is 26.2 Å². The van der Waals surface area contributed by atoms with Gasteiger partial charge in [-0.2, -0.15) is 0 Å². The van der Waals surface area contributed by atoms with E-state index in [4.69, 9.17) is 4.74 Å². The summed E-state index contributed by atoms with van der Waals surface area (Å²) < 4.78 is 5.65. The first kappa shape index (κ1) is 14.3. The first-order chi connectivity index (χ1) is 9.04. The van der Waals surface area contributed by atoms with Gasteiger partial charge in [0.05, 0.1) is 6.10 Å². The number of rotatable bonds is 5. The Bertz CT molecular complexity index is 422. The summed E-state index contributed by atoms with van der Waals surface area (Å²) in [6.07, 6.45) is 0.0310. The van der Waals surface area contributed by atoms with Crippen LogP contribution in [0.1, 0.15) is 17.5 Å². The van der Waals surface area contributed by atoms with Crippen LogP contribution in [0, 0.1) is 13.8 Å². The lowest BCUT2D eigenvalue weighted by molar-refractivity contribution is 0.0705. The smallest absolute Gasteiger partial charge is 0.122 e. The molecule has 19 heavy (non-hydrogen) atoms. The van der Waals surface area contributed by atoms with Crippen LogP contribution in [0.25, 0.3) is 0 Å². The molecule has 0 aliphatic carbocycles. The summed E-state index contributed by atoms with van der Waals surface area (Å²) in [6.45, 7) is 6.40. The first-order valence-corrected chi connectivity index (χ1v) is 6.83.